The Bertz CT molecular complexity index is 1360. The van der Waals surface area contributed by atoms with E-state index >= 15 is 0 Å². The number of carbonyl (C=O) groups excluding carboxylic acids is 1. The van der Waals surface area contributed by atoms with Crippen LogP contribution < -0.4 is 5.32 Å². The van der Waals surface area contributed by atoms with Gasteiger partial charge in [0.15, 0.2) is 5.76 Å². The summed E-state index contributed by atoms with van der Waals surface area (Å²) >= 11 is 13.6. The van der Waals surface area contributed by atoms with Crippen LogP contribution in [-0.4, -0.2) is 25.7 Å². The lowest BCUT2D eigenvalue weighted by Gasteiger charge is -2.05. The number of amides is 1. The summed E-state index contributed by atoms with van der Waals surface area (Å²) in [6, 6.07) is 15.8. The van der Waals surface area contributed by atoms with Gasteiger partial charge in [-0.15, -0.1) is 10.2 Å². The fourth-order valence-electron chi connectivity index (χ4n) is 2.89. The van der Waals surface area contributed by atoms with E-state index < -0.39 is 0 Å². The molecule has 0 aliphatic carbocycles. The van der Waals surface area contributed by atoms with E-state index in [0.717, 1.165) is 10.6 Å². The van der Waals surface area contributed by atoms with Crippen molar-refractivity contribution in [2.75, 3.05) is 5.32 Å². The first kappa shape index (κ1) is 18.8. The number of hydrogen-bond donors (Lipinski definition) is 1. The lowest BCUT2D eigenvalue weighted by atomic mass is 10.2. The normalized spacial score (nSPS) is 11.1. The van der Waals surface area contributed by atoms with Crippen LogP contribution in [0.1, 0.15) is 10.6 Å². The first-order valence-electron chi connectivity index (χ1n) is 8.71. The van der Waals surface area contributed by atoms with Gasteiger partial charge in [-0.05, 0) is 42.5 Å². The minimum atomic E-state index is -0.373. The minimum Gasteiger partial charge on any atom is -0.451 e. The third-order valence-corrected chi connectivity index (χ3v) is 5.79. The van der Waals surface area contributed by atoms with E-state index in [9.17, 15) is 4.79 Å². The highest BCUT2D eigenvalue weighted by molar-refractivity contribution is 7.19. The summed E-state index contributed by atoms with van der Waals surface area (Å²) < 4.78 is 7.31. The molecule has 5 aromatic rings. The van der Waals surface area contributed by atoms with Crippen LogP contribution in [0.5, 0.6) is 0 Å². The van der Waals surface area contributed by atoms with Gasteiger partial charge in [0.05, 0.1) is 5.02 Å². The van der Waals surface area contributed by atoms with Gasteiger partial charge < -0.3 is 9.73 Å². The summed E-state index contributed by atoms with van der Waals surface area (Å²) in [5, 5.41) is 16.8. The number of nitrogens with zero attached hydrogens (tertiary/aromatic N) is 4. The number of fused-ring (bicyclic) bond motifs is 1. The zero-order valence-corrected chi connectivity index (χ0v) is 17.4. The highest BCUT2D eigenvalue weighted by atomic mass is 35.5. The molecule has 0 atom stereocenters. The third-order valence-electron chi connectivity index (χ3n) is 4.28. The van der Waals surface area contributed by atoms with Crippen LogP contribution in [-0.2, 0) is 0 Å². The van der Waals surface area contributed by atoms with Crippen molar-refractivity contribution in [3.8, 4) is 21.9 Å². The number of benzene rings is 2. The summed E-state index contributed by atoms with van der Waals surface area (Å²) in [4.78, 5) is 13.3. The minimum absolute atomic E-state index is 0.167. The van der Waals surface area contributed by atoms with Gasteiger partial charge in [0, 0.05) is 21.8 Å². The lowest BCUT2D eigenvalue weighted by Crippen LogP contribution is -2.10. The molecular formula is C20H11Cl2N5O2S. The van der Waals surface area contributed by atoms with Crippen molar-refractivity contribution < 1.29 is 9.21 Å². The standard InChI is InChI=1S/C20H11Cl2N5O2S/c21-12-4-5-14(15(22)9-12)16-6-7-17(29-16)18(28)24-13-3-1-2-11(8-13)19-26-27-10-23-25-20(27)30-19/h1-10H,(H,24,28). The monoisotopic (exact) mass is 455 g/mol. The average Bonchev–Trinajstić information content (AvgIpc) is 3.44. The van der Waals surface area contributed by atoms with E-state index in [1.54, 1.807) is 47.2 Å². The number of halogens is 2. The van der Waals surface area contributed by atoms with Gasteiger partial charge in [0.2, 0.25) is 4.96 Å². The smallest absolute Gasteiger partial charge is 0.291 e. The van der Waals surface area contributed by atoms with E-state index in [1.165, 1.54) is 11.3 Å². The Balaban J connectivity index is 1.37. The third kappa shape index (κ3) is 3.56. The zero-order chi connectivity index (χ0) is 20.7. The van der Waals surface area contributed by atoms with Gasteiger partial charge in [-0.2, -0.15) is 9.61 Å². The van der Waals surface area contributed by atoms with Crippen LogP contribution in [0.15, 0.2) is 65.3 Å². The molecule has 0 unspecified atom stereocenters. The van der Waals surface area contributed by atoms with Gasteiger partial charge in [-0.1, -0.05) is 46.7 Å². The topological polar surface area (TPSA) is 85.3 Å². The second-order valence-corrected chi connectivity index (χ2v) is 8.09. The number of furan rings is 1. The Morgan fingerprint density at radius 2 is 2.00 bits per heavy atom. The predicted molar refractivity (Wildman–Crippen MR) is 116 cm³/mol. The van der Waals surface area contributed by atoms with E-state index in [2.05, 4.69) is 20.6 Å². The molecule has 0 fully saturated rings. The highest BCUT2D eigenvalue weighted by Gasteiger charge is 2.15. The molecule has 148 valence electrons. The molecule has 30 heavy (non-hydrogen) atoms. The van der Waals surface area contributed by atoms with Crippen LogP contribution in [0.4, 0.5) is 5.69 Å². The van der Waals surface area contributed by atoms with Crippen molar-refractivity contribution in [3.05, 3.63) is 76.7 Å². The molecule has 3 aromatic heterocycles. The Morgan fingerprint density at radius 3 is 2.83 bits per heavy atom. The predicted octanol–water partition coefficient (Wildman–Crippen LogP) is 5.67. The summed E-state index contributed by atoms with van der Waals surface area (Å²) in [7, 11) is 0. The Hall–Kier alpha value is -3.20. The Morgan fingerprint density at radius 1 is 1.10 bits per heavy atom. The van der Waals surface area contributed by atoms with Crippen molar-refractivity contribution in [3.63, 3.8) is 0 Å². The van der Waals surface area contributed by atoms with Gasteiger partial charge >= 0.3 is 0 Å². The van der Waals surface area contributed by atoms with Crippen LogP contribution in [0, 0.1) is 0 Å². The van der Waals surface area contributed by atoms with Crippen LogP contribution >= 0.6 is 34.5 Å². The molecule has 10 heteroatoms. The molecule has 2 aromatic carbocycles. The van der Waals surface area contributed by atoms with Crippen LogP contribution in [0.25, 0.3) is 26.9 Å². The molecular weight excluding hydrogens is 445 g/mol. The van der Waals surface area contributed by atoms with Gasteiger partial charge in [-0.3, -0.25) is 4.79 Å². The summed E-state index contributed by atoms with van der Waals surface area (Å²) in [6.07, 6.45) is 1.54. The molecule has 0 bridgehead atoms. The van der Waals surface area contributed by atoms with E-state index in [0.29, 0.717) is 32.0 Å². The zero-order valence-electron chi connectivity index (χ0n) is 15.0. The van der Waals surface area contributed by atoms with Crippen molar-refractivity contribution in [1.82, 2.24) is 19.8 Å². The van der Waals surface area contributed by atoms with E-state index in [4.69, 9.17) is 27.6 Å². The van der Waals surface area contributed by atoms with Gasteiger partial charge in [0.1, 0.15) is 17.1 Å². The SMILES string of the molecule is O=C(Nc1cccc(-c2nn3cnnc3s2)c1)c1ccc(-c2ccc(Cl)cc2Cl)o1. The Labute approximate surface area is 183 Å². The maximum Gasteiger partial charge on any atom is 0.291 e. The molecule has 0 aliphatic heterocycles. The molecule has 0 spiro atoms. The molecule has 7 nitrogen and oxygen atoms in total. The summed E-state index contributed by atoms with van der Waals surface area (Å²) in [5.74, 6) is 0.275. The molecule has 5 rings (SSSR count). The quantitative estimate of drug-likeness (QED) is 0.377. The summed E-state index contributed by atoms with van der Waals surface area (Å²) in [5.41, 5.74) is 2.13. The van der Waals surface area contributed by atoms with Crippen molar-refractivity contribution in [2.24, 2.45) is 0 Å². The van der Waals surface area contributed by atoms with E-state index in [1.807, 2.05) is 18.2 Å². The molecule has 0 aliphatic rings. The summed E-state index contributed by atoms with van der Waals surface area (Å²) in [6.45, 7) is 0. The maximum absolute atomic E-state index is 12.7. The number of nitrogens with one attached hydrogen (secondary N) is 1. The molecule has 0 saturated carbocycles. The molecule has 3 heterocycles. The van der Waals surface area contributed by atoms with Crippen molar-refractivity contribution in [2.45, 2.75) is 0 Å². The van der Waals surface area contributed by atoms with Gasteiger partial charge in [-0.25, -0.2) is 0 Å². The fourth-order valence-corrected chi connectivity index (χ4v) is 4.21. The molecule has 1 N–H and O–H groups in total. The largest absolute Gasteiger partial charge is 0.451 e. The molecule has 0 radical (unpaired) electrons. The molecule has 0 saturated heterocycles. The Kier molecular flexibility index (Phi) is 4.74. The highest BCUT2D eigenvalue weighted by Crippen LogP contribution is 2.32. The average molecular weight is 456 g/mol. The number of aromatic nitrogens is 4. The lowest BCUT2D eigenvalue weighted by molar-refractivity contribution is 0.0997. The van der Waals surface area contributed by atoms with Crippen molar-refractivity contribution >= 4 is 51.1 Å². The van der Waals surface area contributed by atoms with Crippen LogP contribution in [0.2, 0.25) is 10.0 Å². The second-order valence-electron chi connectivity index (χ2n) is 6.29. The number of hydrogen-bond acceptors (Lipinski definition) is 6. The maximum atomic E-state index is 12.7. The number of carbonyl (C=O) groups is 1. The first-order valence-corrected chi connectivity index (χ1v) is 10.3. The fraction of sp³-hybridized carbons (Fsp3) is 0. The second kappa shape index (κ2) is 7.56. The number of anilines is 1. The van der Waals surface area contributed by atoms with Crippen molar-refractivity contribution in [1.29, 1.82) is 0 Å². The van der Waals surface area contributed by atoms with E-state index in [-0.39, 0.29) is 11.7 Å². The molecule has 1 amide bonds. The number of rotatable bonds is 4. The van der Waals surface area contributed by atoms with Gasteiger partial charge in [0.25, 0.3) is 5.91 Å². The van der Waals surface area contributed by atoms with Crippen LogP contribution in [0.3, 0.4) is 0 Å². The first-order chi connectivity index (χ1) is 14.6.